The number of amides is 2. The molecule has 1 aliphatic rings. The van der Waals surface area contributed by atoms with Crippen molar-refractivity contribution in [2.24, 2.45) is 5.41 Å². The highest BCUT2D eigenvalue weighted by atomic mass is 16.3. The Balaban J connectivity index is 2.48. The van der Waals surface area contributed by atoms with E-state index in [4.69, 9.17) is 0 Å². The molecule has 1 atom stereocenters. The van der Waals surface area contributed by atoms with Gasteiger partial charge in [-0.1, -0.05) is 20.8 Å². The zero-order chi connectivity index (χ0) is 16.5. The molecule has 1 aliphatic heterocycles. The molecule has 0 bridgehead atoms. The first-order chi connectivity index (χ1) is 9.31. The van der Waals surface area contributed by atoms with Crippen LogP contribution in [-0.2, 0) is 0 Å². The Morgan fingerprint density at radius 2 is 1.71 bits per heavy atom. The number of carbonyl (C=O) groups excluding carboxylic acids is 1. The van der Waals surface area contributed by atoms with Gasteiger partial charge in [-0.15, -0.1) is 0 Å². The van der Waals surface area contributed by atoms with Gasteiger partial charge in [0, 0.05) is 23.7 Å². The van der Waals surface area contributed by atoms with Gasteiger partial charge >= 0.3 is 6.03 Å². The number of urea groups is 1. The maximum Gasteiger partial charge on any atom is 0.315 e. The van der Waals surface area contributed by atoms with Crippen LogP contribution in [0, 0.1) is 5.41 Å². The fourth-order valence-electron chi connectivity index (χ4n) is 3.16. The number of aliphatic hydroxyl groups excluding tert-OH is 1. The lowest BCUT2D eigenvalue weighted by Gasteiger charge is -2.46. The SMILES string of the molecule is CC1(C)CC(NC(=O)NCC(O)C(C)(C)C)CC(C)(C)N1. The number of nitrogens with one attached hydrogen (secondary N) is 3. The van der Waals surface area contributed by atoms with Gasteiger partial charge in [0.2, 0.25) is 0 Å². The number of rotatable bonds is 3. The van der Waals surface area contributed by atoms with Crippen molar-refractivity contribution in [3.63, 3.8) is 0 Å². The Hall–Kier alpha value is -0.810. The third kappa shape index (κ3) is 6.22. The second kappa shape index (κ2) is 6.13. The number of aliphatic hydroxyl groups is 1. The zero-order valence-corrected chi connectivity index (χ0v) is 14.6. The molecular formula is C16H33N3O2. The molecule has 0 spiro atoms. The van der Waals surface area contributed by atoms with E-state index in [2.05, 4.69) is 43.6 Å². The normalized spacial score (nSPS) is 23.4. The number of hydrogen-bond acceptors (Lipinski definition) is 3. The molecular weight excluding hydrogens is 266 g/mol. The largest absolute Gasteiger partial charge is 0.391 e. The number of carbonyl (C=O) groups is 1. The van der Waals surface area contributed by atoms with Gasteiger partial charge in [0.15, 0.2) is 0 Å². The minimum atomic E-state index is -0.552. The van der Waals surface area contributed by atoms with Gasteiger partial charge in [-0.2, -0.15) is 0 Å². The van der Waals surface area contributed by atoms with E-state index in [0.29, 0.717) is 0 Å². The average molecular weight is 299 g/mol. The molecule has 1 heterocycles. The summed E-state index contributed by atoms with van der Waals surface area (Å²) in [5.74, 6) is 0. The minimum absolute atomic E-state index is 0.00458. The summed E-state index contributed by atoms with van der Waals surface area (Å²) in [5.41, 5.74) is -0.221. The molecule has 5 heteroatoms. The third-order valence-electron chi connectivity index (χ3n) is 3.98. The molecule has 0 aromatic heterocycles. The van der Waals surface area contributed by atoms with Crippen molar-refractivity contribution in [1.29, 1.82) is 0 Å². The van der Waals surface area contributed by atoms with Gasteiger partial charge in [0.1, 0.15) is 0 Å². The molecule has 0 aromatic carbocycles. The Bertz CT molecular complexity index is 356. The monoisotopic (exact) mass is 299 g/mol. The van der Waals surface area contributed by atoms with Crippen LogP contribution >= 0.6 is 0 Å². The van der Waals surface area contributed by atoms with E-state index >= 15 is 0 Å². The first kappa shape index (κ1) is 18.2. The van der Waals surface area contributed by atoms with Crippen molar-refractivity contribution in [3.05, 3.63) is 0 Å². The van der Waals surface area contributed by atoms with Crippen molar-refractivity contribution in [3.8, 4) is 0 Å². The summed E-state index contributed by atoms with van der Waals surface area (Å²) in [6.45, 7) is 14.8. The second-order valence-electron chi connectivity index (χ2n) is 8.73. The molecule has 1 unspecified atom stereocenters. The Morgan fingerprint density at radius 3 is 2.14 bits per heavy atom. The summed E-state index contributed by atoms with van der Waals surface area (Å²) in [6.07, 6.45) is 1.24. The van der Waals surface area contributed by atoms with Gasteiger partial charge in [-0.05, 0) is 46.0 Å². The van der Waals surface area contributed by atoms with Crippen LogP contribution in [-0.4, -0.2) is 40.9 Å². The van der Waals surface area contributed by atoms with E-state index in [-0.39, 0.29) is 35.1 Å². The summed E-state index contributed by atoms with van der Waals surface area (Å²) in [6, 6.07) is -0.0557. The topological polar surface area (TPSA) is 73.4 Å². The third-order valence-corrected chi connectivity index (χ3v) is 3.98. The van der Waals surface area contributed by atoms with Crippen LogP contribution in [0.2, 0.25) is 0 Å². The van der Waals surface area contributed by atoms with E-state index in [0.717, 1.165) is 12.8 Å². The fraction of sp³-hybridized carbons (Fsp3) is 0.938. The fourth-order valence-corrected chi connectivity index (χ4v) is 3.16. The molecule has 1 rings (SSSR count). The molecule has 1 saturated heterocycles. The second-order valence-corrected chi connectivity index (χ2v) is 8.73. The summed E-state index contributed by atoms with van der Waals surface area (Å²) in [5, 5.41) is 19.4. The van der Waals surface area contributed by atoms with Crippen LogP contribution in [0.4, 0.5) is 4.79 Å². The smallest absolute Gasteiger partial charge is 0.315 e. The highest BCUT2D eigenvalue weighted by molar-refractivity contribution is 5.74. The molecule has 0 aromatic rings. The first-order valence-corrected chi connectivity index (χ1v) is 7.83. The van der Waals surface area contributed by atoms with E-state index in [1.54, 1.807) is 0 Å². The van der Waals surface area contributed by atoms with Gasteiger partial charge in [-0.25, -0.2) is 4.79 Å². The molecule has 5 nitrogen and oxygen atoms in total. The highest BCUT2D eigenvalue weighted by Gasteiger charge is 2.38. The van der Waals surface area contributed by atoms with Crippen molar-refractivity contribution in [2.45, 2.75) is 84.5 Å². The molecule has 21 heavy (non-hydrogen) atoms. The highest BCUT2D eigenvalue weighted by Crippen LogP contribution is 2.28. The zero-order valence-electron chi connectivity index (χ0n) is 14.6. The van der Waals surface area contributed by atoms with Gasteiger partial charge < -0.3 is 21.1 Å². The average Bonchev–Trinajstić information content (AvgIpc) is 2.19. The quantitative estimate of drug-likeness (QED) is 0.644. The Kier molecular flexibility index (Phi) is 5.32. The van der Waals surface area contributed by atoms with E-state index in [1.807, 2.05) is 20.8 Å². The maximum absolute atomic E-state index is 12.0. The van der Waals surface area contributed by atoms with E-state index in [9.17, 15) is 9.90 Å². The van der Waals surface area contributed by atoms with E-state index in [1.165, 1.54) is 0 Å². The minimum Gasteiger partial charge on any atom is -0.391 e. The van der Waals surface area contributed by atoms with Crippen LogP contribution in [0.25, 0.3) is 0 Å². The molecule has 4 N–H and O–H groups in total. The first-order valence-electron chi connectivity index (χ1n) is 7.83. The van der Waals surface area contributed by atoms with Crippen molar-refractivity contribution < 1.29 is 9.90 Å². The van der Waals surface area contributed by atoms with Crippen LogP contribution in [0.1, 0.15) is 61.3 Å². The molecule has 124 valence electrons. The number of piperidine rings is 1. The Morgan fingerprint density at radius 1 is 1.24 bits per heavy atom. The van der Waals surface area contributed by atoms with Crippen molar-refractivity contribution in [2.75, 3.05) is 6.54 Å². The van der Waals surface area contributed by atoms with Crippen LogP contribution < -0.4 is 16.0 Å². The van der Waals surface area contributed by atoms with Crippen molar-refractivity contribution in [1.82, 2.24) is 16.0 Å². The van der Waals surface area contributed by atoms with Crippen LogP contribution in [0.15, 0.2) is 0 Å². The van der Waals surface area contributed by atoms with Gasteiger partial charge in [0.05, 0.1) is 6.10 Å². The molecule has 2 amide bonds. The molecule has 0 radical (unpaired) electrons. The molecule has 1 fully saturated rings. The summed E-state index contributed by atoms with van der Waals surface area (Å²) < 4.78 is 0. The summed E-state index contributed by atoms with van der Waals surface area (Å²) in [7, 11) is 0. The summed E-state index contributed by atoms with van der Waals surface area (Å²) >= 11 is 0. The van der Waals surface area contributed by atoms with Crippen molar-refractivity contribution >= 4 is 6.03 Å². The van der Waals surface area contributed by atoms with Gasteiger partial charge in [0.25, 0.3) is 0 Å². The standard InChI is InChI=1S/C16H33N3O2/c1-14(2,3)12(20)10-17-13(21)18-11-8-15(4,5)19-16(6,7)9-11/h11-12,19-20H,8-10H2,1-7H3,(H2,17,18,21). The van der Waals surface area contributed by atoms with Crippen LogP contribution in [0.5, 0.6) is 0 Å². The van der Waals surface area contributed by atoms with Gasteiger partial charge in [-0.3, -0.25) is 0 Å². The lowest BCUT2D eigenvalue weighted by Crippen LogP contribution is -2.63. The number of hydrogen-bond donors (Lipinski definition) is 4. The predicted octanol–water partition coefficient (Wildman–Crippen LogP) is 2.00. The lowest BCUT2D eigenvalue weighted by atomic mass is 9.80. The Labute approximate surface area is 129 Å². The molecule has 0 aliphatic carbocycles. The summed E-state index contributed by atoms with van der Waals surface area (Å²) in [4.78, 5) is 12.0. The predicted molar refractivity (Wildman–Crippen MR) is 86.3 cm³/mol. The van der Waals surface area contributed by atoms with E-state index < -0.39 is 6.10 Å². The maximum atomic E-state index is 12.0. The molecule has 0 saturated carbocycles. The van der Waals surface area contributed by atoms with Crippen LogP contribution in [0.3, 0.4) is 0 Å². The lowest BCUT2D eigenvalue weighted by molar-refractivity contribution is 0.0645.